The minimum Gasteiger partial charge on any atom is -0.476 e. The summed E-state index contributed by atoms with van der Waals surface area (Å²) in [6.45, 7) is 5.67. The molecule has 0 aliphatic heterocycles. The van der Waals surface area contributed by atoms with E-state index < -0.39 is 16.3 Å². The number of aromatic carboxylic acids is 1. The van der Waals surface area contributed by atoms with E-state index in [1.807, 2.05) is 20.8 Å². The Labute approximate surface area is 121 Å². The molecule has 2 rings (SSSR count). The Hall–Kier alpha value is -2.70. The van der Waals surface area contributed by atoms with Gasteiger partial charge in [-0.05, 0) is 12.1 Å². The zero-order chi connectivity index (χ0) is 15.8. The predicted octanol–water partition coefficient (Wildman–Crippen LogP) is 2.78. The third-order valence-electron chi connectivity index (χ3n) is 3.00. The smallest absolute Gasteiger partial charge is 0.356 e. The van der Waals surface area contributed by atoms with Crippen LogP contribution in [0.1, 0.15) is 37.0 Å². The van der Waals surface area contributed by atoms with E-state index in [1.54, 1.807) is 18.2 Å². The Bertz CT molecular complexity index is 713. The second-order valence-corrected chi connectivity index (χ2v) is 5.63. The lowest BCUT2D eigenvalue weighted by Crippen LogP contribution is -2.18. The third kappa shape index (κ3) is 2.76. The lowest BCUT2D eigenvalue weighted by atomic mass is 9.91. The monoisotopic (exact) mass is 289 g/mol. The van der Waals surface area contributed by atoms with E-state index in [0.29, 0.717) is 5.69 Å². The van der Waals surface area contributed by atoms with E-state index in [4.69, 9.17) is 5.11 Å². The molecule has 1 heterocycles. The van der Waals surface area contributed by atoms with Crippen LogP contribution >= 0.6 is 0 Å². The standard InChI is InChI=1S/C14H15N3O4/c1-14(2,3)12-8-9(13(18)19)15-16(12)10-6-4-5-7-11(10)17(20)21/h4-8H,1-3H3,(H,18,19). The van der Waals surface area contributed by atoms with Gasteiger partial charge in [-0.15, -0.1) is 0 Å². The zero-order valence-corrected chi connectivity index (χ0v) is 11.9. The van der Waals surface area contributed by atoms with Crippen LogP contribution in [0.15, 0.2) is 30.3 Å². The van der Waals surface area contributed by atoms with Crippen LogP contribution in [0.5, 0.6) is 0 Å². The molecule has 0 unspecified atom stereocenters. The molecule has 0 saturated heterocycles. The highest BCUT2D eigenvalue weighted by Gasteiger charge is 2.27. The van der Waals surface area contributed by atoms with Crippen LogP contribution in [0.3, 0.4) is 0 Å². The molecule has 0 amide bonds. The fourth-order valence-corrected chi connectivity index (χ4v) is 2.00. The van der Waals surface area contributed by atoms with Gasteiger partial charge in [-0.3, -0.25) is 10.1 Å². The molecule has 1 N–H and O–H groups in total. The molecule has 7 nitrogen and oxygen atoms in total. The van der Waals surface area contributed by atoms with Gasteiger partial charge in [0.2, 0.25) is 0 Å². The zero-order valence-electron chi connectivity index (χ0n) is 11.9. The molecule has 110 valence electrons. The van der Waals surface area contributed by atoms with Crippen LogP contribution in [0.25, 0.3) is 5.69 Å². The highest BCUT2D eigenvalue weighted by atomic mass is 16.6. The van der Waals surface area contributed by atoms with Gasteiger partial charge in [0, 0.05) is 11.5 Å². The second-order valence-electron chi connectivity index (χ2n) is 5.63. The maximum absolute atomic E-state index is 11.1. The number of aromatic nitrogens is 2. The van der Waals surface area contributed by atoms with Crippen molar-refractivity contribution in [2.45, 2.75) is 26.2 Å². The number of nitrogens with zero attached hydrogens (tertiary/aromatic N) is 3. The number of nitro benzene ring substituents is 1. The van der Waals surface area contributed by atoms with Gasteiger partial charge in [0.15, 0.2) is 5.69 Å². The number of carbonyl (C=O) groups is 1. The first-order valence-electron chi connectivity index (χ1n) is 6.29. The maximum atomic E-state index is 11.1. The van der Waals surface area contributed by atoms with Gasteiger partial charge in [-0.25, -0.2) is 9.48 Å². The molecule has 0 saturated carbocycles. The summed E-state index contributed by atoms with van der Waals surface area (Å²) in [6, 6.07) is 7.56. The van der Waals surface area contributed by atoms with Crippen molar-refractivity contribution in [2.75, 3.05) is 0 Å². The summed E-state index contributed by atoms with van der Waals surface area (Å²) in [5.41, 5.74) is 0.167. The van der Waals surface area contributed by atoms with E-state index in [2.05, 4.69) is 5.10 Å². The highest BCUT2D eigenvalue weighted by molar-refractivity contribution is 5.85. The molecule has 0 fully saturated rings. The molecule has 7 heteroatoms. The van der Waals surface area contributed by atoms with Crippen LogP contribution in [0.4, 0.5) is 5.69 Å². The summed E-state index contributed by atoms with van der Waals surface area (Å²) < 4.78 is 1.33. The van der Waals surface area contributed by atoms with Gasteiger partial charge in [-0.1, -0.05) is 32.9 Å². The fraction of sp³-hybridized carbons (Fsp3) is 0.286. The Balaban J connectivity index is 2.74. The number of nitro groups is 1. The first kappa shape index (κ1) is 14.7. The van der Waals surface area contributed by atoms with Crippen LogP contribution in [-0.2, 0) is 5.41 Å². The summed E-state index contributed by atoms with van der Waals surface area (Å²) in [6.07, 6.45) is 0. The molecule has 21 heavy (non-hydrogen) atoms. The molecular weight excluding hydrogens is 274 g/mol. The number of hydrogen-bond acceptors (Lipinski definition) is 4. The largest absolute Gasteiger partial charge is 0.476 e. The molecule has 0 bridgehead atoms. The van der Waals surface area contributed by atoms with Gasteiger partial charge in [0.1, 0.15) is 5.69 Å². The topological polar surface area (TPSA) is 98.3 Å². The van der Waals surface area contributed by atoms with Crippen molar-refractivity contribution >= 4 is 11.7 Å². The normalized spacial score (nSPS) is 11.4. The molecule has 1 aromatic carbocycles. The number of carboxylic acid groups (broad SMARTS) is 1. The van der Waals surface area contributed by atoms with Gasteiger partial charge in [0.25, 0.3) is 5.69 Å². The van der Waals surface area contributed by atoms with E-state index >= 15 is 0 Å². The molecule has 1 aromatic heterocycles. The summed E-state index contributed by atoms with van der Waals surface area (Å²) in [5.74, 6) is -1.17. The number of carboxylic acids is 1. The van der Waals surface area contributed by atoms with Crippen LogP contribution in [0, 0.1) is 10.1 Å². The first-order chi connectivity index (χ1) is 9.71. The van der Waals surface area contributed by atoms with Crippen molar-refractivity contribution in [3.8, 4) is 5.69 Å². The number of para-hydroxylation sites is 2. The summed E-state index contributed by atoms with van der Waals surface area (Å²) >= 11 is 0. The Morgan fingerprint density at radius 3 is 2.48 bits per heavy atom. The van der Waals surface area contributed by atoms with Crippen LogP contribution in [0.2, 0.25) is 0 Å². The van der Waals surface area contributed by atoms with Crippen molar-refractivity contribution in [2.24, 2.45) is 0 Å². The van der Waals surface area contributed by atoms with Gasteiger partial charge >= 0.3 is 5.97 Å². The molecule has 0 aliphatic carbocycles. The minimum absolute atomic E-state index is 0.122. The molecule has 0 spiro atoms. The maximum Gasteiger partial charge on any atom is 0.356 e. The SMILES string of the molecule is CC(C)(C)c1cc(C(=O)O)nn1-c1ccccc1[N+](=O)[O-]. The van der Waals surface area contributed by atoms with Crippen molar-refractivity contribution in [3.05, 3.63) is 51.8 Å². The number of benzene rings is 1. The van der Waals surface area contributed by atoms with Crippen molar-refractivity contribution in [3.63, 3.8) is 0 Å². The number of rotatable bonds is 3. The molecular formula is C14H15N3O4. The molecule has 0 atom stereocenters. The third-order valence-corrected chi connectivity index (χ3v) is 3.00. The summed E-state index contributed by atoms with van der Waals surface area (Å²) in [4.78, 5) is 21.8. The molecule has 0 radical (unpaired) electrons. The minimum atomic E-state index is -1.17. The van der Waals surface area contributed by atoms with E-state index in [1.165, 1.54) is 16.8 Å². The van der Waals surface area contributed by atoms with Crippen molar-refractivity contribution in [1.29, 1.82) is 0 Å². The predicted molar refractivity (Wildman–Crippen MR) is 75.9 cm³/mol. The second kappa shape index (κ2) is 5.01. The van der Waals surface area contributed by atoms with E-state index in [-0.39, 0.29) is 17.1 Å². The lowest BCUT2D eigenvalue weighted by Gasteiger charge is -2.20. The quantitative estimate of drug-likeness (QED) is 0.692. The van der Waals surface area contributed by atoms with Gasteiger partial charge in [0.05, 0.1) is 10.6 Å². The molecule has 2 aromatic rings. The average molecular weight is 289 g/mol. The highest BCUT2D eigenvalue weighted by Crippen LogP contribution is 2.29. The summed E-state index contributed by atoms with van der Waals surface area (Å²) in [7, 11) is 0. The molecule has 0 aliphatic rings. The summed E-state index contributed by atoms with van der Waals surface area (Å²) in [5, 5.41) is 24.3. The lowest BCUT2D eigenvalue weighted by molar-refractivity contribution is -0.384. The van der Waals surface area contributed by atoms with Gasteiger partial charge < -0.3 is 5.11 Å². The van der Waals surface area contributed by atoms with Crippen LogP contribution < -0.4 is 0 Å². The average Bonchev–Trinajstić information content (AvgIpc) is 2.83. The Morgan fingerprint density at radius 1 is 1.33 bits per heavy atom. The number of hydrogen-bond donors (Lipinski definition) is 1. The van der Waals surface area contributed by atoms with E-state index in [9.17, 15) is 14.9 Å². The Kier molecular flexibility index (Phi) is 3.51. The van der Waals surface area contributed by atoms with Gasteiger partial charge in [-0.2, -0.15) is 5.10 Å². The van der Waals surface area contributed by atoms with Crippen molar-refractivity contribution in [1.82, 2.24) is 9.78 Å². The first-order valence-corrected chi connectivity index (χ1v) is 6.29. The Morgan fingerprint density at radius 2 is 1.95 bits per heavy atom. The van der Waals surface area contributed by atoms with E-state index in [0.717, 1.165) is 0 Å². The van der Waals surface area contributed by atoms with Crippen LogP contribution in [-0.4, -0.2) is 25.8 Å². The fourth-order valence-electron chi connectivity index (χ4n) is 2.00. The van der Waals surface area contributed by atoms with Crippen molar-refractivity contribution < 1.29 is 14.8 Å².